The Morgan fingerprint density at radius 3 is 2.27 bits per heavy atom. The molecule has 6 nitrogen and oxygen atoms in total. The molecule has 0 fully saturated rings. The van der Waals surface area contributed by atoms with Crippen LogP contribution in [0.25, 0.3) is 5.69 Å². The molecule has 1 atom stereocenters. The molecule has 0 aliphatic rings. The van der Waals surface area contributed by atoms with E-state index in [1.54, 1.807) is 18.5 Å². The molecule has 1 N–H and O–H groups in total. The van der Waals surface area contributed by atoms with Gasteiger partial charge in [0.1, 0.15) is 5.56 Å². The van der Waals surface area contributed by atoms with E-state index in [4.69, 9.17) is 39.5 Å². The second kappa shape index (κ2) is 9.08. The van der Waals surface area contributed by atoms with E-state index in [9.17, 15) is 9.59 Å². The zero-order valence-corrected chi connectivity index (χ0v) is 18.6. The molecule has 0 aliphatic carbocycles. The Kier molecular flexibility index (Phi) is 6.71. The van der Waals surface area contributed by atoms with Crippen molar-refractivity contribution in [1.82, 2.24) is 9.78 Å². The van der Waals surface area contributed by atoms with Crippen molar-refractivity contribution in [2.24, 2.45) is 0 Å². The summed E-state index contributed by atoms with van der Waals surface area (Å²) >= 11 is 18.0. The van der Waals surface area contributed by atoms with Crippen molar-refractivity contribution in [1.29, 1.82) is 0 Å². The summed E-state index contributed by atoms with van der Waals surface area (Å²) in [5.74, 6) is -1.23. The van der Waals surface area contributed by atoms with Crippen molar-refractivity contribution < 1.29 is 14.3 Å². The third kappa shape index (κ3) is 4.61. The van der Waals surface area contributed by atoms with E-state index in [0.29, 0.717) is 22.0 Å². The van der Waals surface area contributed by atoms with Gasteiger partial charge in [0.2, 0.25) is 0 Å². The summed E-state index contributed by atoms with van der Waals surface area (Å²) in [5, 5.41) is 7.67. The molecule has 0 spiro atoms. The first-order valence-electron chi connectivity index (χ1n) is 8.97. The zero-order valence-electron chi connectivity index (χ0n) is 16.4. The van der Waals surface area contributed by atoms with Crippen LogP contribution in [0, 0.1) is 13.8 Å². The van der Waals surface area contributed by atoms with E-state index in [2.05, 4.69) is 10.4 Å². The molecule has 1 unspecified atom stereocenters. The highest BCUT2D eigenvalue weighted by atomic mass is 35.5. The van der Waals surface area contributed by atoms with Crippen LogP contribution >= 0.6 is 34.8 Å². The fraction of sp³-hybridized carbons (Fsp3) is 0.190. The molecule has 0 saturated heterocycles. The Hall–Kier alpha value is -2.54. The molecular formula is C21H18Cl3N3O3. The van der Waals surface area contributed by atoms with Gasteiger partial charge in [0.25, 0.3) is 5.91 Å². The van der Waals surface area contributed by atoms with Gasteiger partial charge >= 0.3 is 5.97 Å². The van der Waals surface area contributed by atoms with Crippen molar-refractivity contribution in [3.63, 3.8) is 0 Å². The summed E-state index contributed by atoms with van der Waals surface area (Å²) < 4.78 is 7.02. The number of aryl methyl sites for hydroxylation is 1. The summed E-state index contributed by atoms with van der Waals surface area (Å²) in [5.41, 5.74) is 2.42. The number of aromatic nitrogens is 2. The molecule has 30 heavy (non-hydrogen) atoms. The van der Waals surface area contributed by atoms with Crippen molar-refractivity contribution >= 4 is 52.4 Å². The van der Waals surface area contributed by atoms with E-state index < -0.39 is 18.0 Å². The average molecular weight is 467 g/mol. The van der Waals surface area contributed by atoms with Crippen LogP contribution in [0.4, 0.5) is 5.69 Å². The molecule has 1 heterocycles. The van der Waals surface area contributed by atoms with Crippen molar-refractivity contribution in [3.05, 3.63) is 74.5 Å². The van der Waals surface area contributed by atoms with E-state index in [0.717, 1.165) is 5.69 Å². The summed E-state index contributed by atoms with van der Waals surface area (Å²) in [7, 11) is 0. The second-order valence-corrected chi connectivity index (χ2v) is 7.83. The fourth-order valence-electron chi connectivity index (χ4n) is 2.92. The molecule has 0 aliphatic heterocycles. The Morgan fingerprint density at radius 2 is 1.67 bits per heavy atom. The quantitative estimate of drug-likeness (QED) is 0.494. The van der Waals surface area contributed by atoms with Crippen LogP contribution in [-0.2, 0) is 9.53 Å². The predicted molar refractivity (Wildman–Crippen MR) is 118 cm³/mol. The number of nitrogens with zero attached hydrogens (tertiary/aromatic N) is 2. The van der Waals surface area contributed by atoms with Gasteiger partial charge in [-0.15, -0.1) is 0 Å². The minimum absolute atomic E-state index is 0.176. The molecule has 9 heteroatoms. The number of ether oxygens (including phenoxy) is 1. The highest BCUT2D eigenvalue weighted by molar-refractivity contribution is 6.42. The molecule has 3 aromatic rings. The lowest BCUT2D eigenvalue weighted by Crippen LogP contribution is -2.30. The normalized spacial score (nSPS) is 11.8. The Morgan fingerprint density at radius 1 is 1.07 bits per heavy atom. The molecule has 2 aromatic carbocycles. The van der Waals surface area contributed by atoms with Crippen LogP contribution in [0.15, 0.2) is 42.5 Å². The third-order valence-electron chi connectivity index (χ3n) is 4.40. The lowest BCUT2D eigenvalue weighted by atomic mass is 10.2. The molecule has 1 amide bonds. The monoisotopic (exact) mass is 465 g/mol. The van der Waals surface area contributed by atoms with Gasteiger partial charge in [-0.3, -0.25) is 4.79 Å². The first-order valence-corrected chi connectivity index (χ1v) is 10.1. The first kappa shape index (κ1) is 22.2. The lowest BCUT2D eigenvalue weighted by Gasteiger charge is -2.15. The van der Waals surface area contributed by atoms with Gasteiger partial charge in [0, 0.05) is 5.02 Å². The van der Waals surface area contributed by atoms with E-state index >= 15 is 0 Å². The Bertz CT molecular complexity index is 1090. The van der Waals surface area contributed by atoms with Crippen LogP contribution in [0.1, 0.15) is 28.7 Å². The standard InChI is InChI=1S/C21H18Cl3N3O3/c1-11-18(12(2)27(26-11)15-7-5-4-6-8-15)21(29)30-13(3)20(28)25-19-16(23)9-14(22)10-17(19)24/h4-10,13H,1-3H3,(H,25,28). The lowest BCUT2D eigenvalue weighted by molar-refractivity contribution is -0.123. The van der Waals surface area contributed by atoms with E-state index in [-0.39, 0.29) is 15.7 Å². The molecule has 156 valence electrons. The van der Waals surface area contributed by atoms with Gasteiger partial charge in [0.05, 0.1) is 32.8 Å². The maximum atomic E-state index is 12.8. The number of nitrogens with one attached hydrogen (secondary N) is 1. The number of anilines is 1. The highest BCUT2D eigenvalue weighted by Crippen LogP contribution is 2.33. The van der Waals surface area contributed by atoms with Gasteiger partial charge in [-0.2, -0.15) is 5.10 Å². The topological polar surface area (TPSA) is 73.2 Å². The Labute approximate surface area is 188 Å². The molecule has 0 bridgehead atoms. The predicted octanol–water partition coefficient (Wildman–Crippen LogP) is 5.63. The van der Waals surface area contributed by atoms with Gasteiger partial charge in [-0.05, 0) is 45.0 Å². The molecular weight excluding hydrogens is 449 g/mol. The maximum absolute atomic E-state index is 12.8. The number of hydrogen-bond acceptors (Lipinski definition) is 4. The smallest absolute Gasteiger partial charge is 0.342 e. The number of benzene rings is 2. The van der Waals surface area contributed by atoms with E-state index in [1.165, 1.54) is 19.1 Å². The maximum Gasteiger partial charge on any atom is 0.342 e. The highest BCUT2D eigenvalue weighted by Gasteiger charge is 2.26. The van der Waals surface area contributed by atoms with Crippen molar-refractivity contribution in [2.45, 2.75) is 26.9 Å². The van der Waals surface area contributed by atoms with Crippen LogP contribution in [0.5, 0.6) is 0 Å². The van der Waals surface area contributed by atoms with Crippen molar-refractivity contribution in [3.8, 4) is 5.69 Å². The fourth-order valence-corrected chi connectivity index (χ4v) is 3.83. The first-order chi connectivity index (χ1) is 14.2. The summed E-state index contributed by atoms with van der Waals surface area (Å²) in [6.07, 6.45) is -1.10. The summed E-state index contributed by atoms with van der Waals surface area (Å²) in [6, 6.07) is 12.3. The molecule has 1 aromatic heterocycles. The number of amides is 1. The van der Waals surface area contributed by atoms with E-state index in [1.807, 2.05) is 30.3 Å². The minimum atomic E-state index is -1.10. The number of para-hydroxylation sites is 1. The van der Waals surface area contributed by atoms with Gasteiger partial charge < -0.3 is 10.1 Å². The van der Waals surface area contributed by atoms with Crippen LogP contribution < -0.4 is 5.32 Å². The third-order valence-corrected chi connectivity index (χ3v) is 5.22. The Balaban J connectivity index is 1.76. The van der Waals surface area contributed by atoms with Crippen LogP contribution in [0.2, 0.25) is 15.1 Å². The molecule has 0 saturated carbocycles. The number of carbonyl (C=O) groups is 2. The molecule has 3 rings (SSSR count). The number of halogens is 3. The largest absolute Gasteiger partial charge is 0.449 e. The number of carbonyl (C=O) groups excluding carboxylic acids is 2. The van der Waals surface area contributed by atoms with Gasteiger partial charge in [-0.25, -0.2) is 9.48 Å². The summed E-state index contributed by atoms with van der Waals surface area (Å²) in [6.45, 7) is 4.93. The van der Waals surface area contributed by atoms with Crippen LogP contribution in [-0.4, -0.2) is 27.8 Å². The SMILES string of the molecule is Cc1nn(-c2ccccc2)c(C)c1C(=O)OC(C)C(=O)Nc1c(Cl)cc(Cl)cc1Cl. The number of hydrogen-bond donors (Lipinski definition) is 1. The average Bonchev–Trinajstić information content (AvgIpc) is 2.99. The minimum Gasteiger partial charge on any atom is -0.449 e. The molecule has 0 radical (unpaired) electrons. The van der Waals surface area contributed by atoms with Gasteiger partial charge in [-0.1, -0.05) is 53.0 Å². The second-order valence-electron chi connectivity index (χ2n) is 6.57. The van der Waals surface area contributed by atoms with Crippen LogP contribution in [0.3, 0.4) is 0 Å². The number of rotatable bonds is 5. The zero-order chi connectivity index (χ0) is 22.0. The van der Waals surface area contributed by atoms with Crippen molar-refractivity contribution in [2.75, 3.05) is 5.32 Å². The summed E-state index contributed by atoms with van der Waals surface area (Å²) in [4.78, 5) is 25.3. The van der Waals surface area contributed by atoms with Gasteiger partial charge in [0.15, 0.2) is 6.10 Å². The number of esters is 1.